The van der Waals surface area contributed by atoms with Crippen molar-refractivity contribution in [2.75, 3.05) is 0 Å². The first-order valence-electron chi connectivity index (χ1n) is 4.59. The summed E-state index contributed by atoms with van der Waals surface area (Å²) in [5.41, 5.74) is 1.01. The van der Waals surface area contributed by atoms with Gasteiger partial charge in [-0.1, -0.05) is 19.8 Å². The molecule has 1 heteroatoms. The third-order valence-electron chi connectivity index (χ3n) is 2.55. The van der Waals surface area contributed by atoms with Crippen molar-refractivity contribution in [2.24, 2.45) is 5.92 Å². The summed E-state index contributed by atoms with van der Waals surface area (Å²) in [6.07, 6.45) is 7.08. The van der Waals surface area contributed by atoms with Crippen LogP contribution in [0.4, 0.5) is 0 Å². The van der Waals surface area contributed by atoms with Gasteiger partial charge in [0.2, 0.25) is 0 Å². The fourth-order valence-electron chi connectivity index (χ4n) is 1.83. The van der Waals surface area contributed by atoms with Gasteiger partial charge >= 0.3 is 0 Å². The zero-order valence-electron chi connectivity index (χ0n) is 7.23. The van der Waals surface area contributed by atoms with Gasteiger partial charge in [-0.15, -0.1) is 0 Å². The van der Waals surface area contributed by atoms with Gasteiger partial charge < -0.3 is 0 Å². The minimum Gasteiger partial charge on any atom is -0.234 e. The third-order valence-corrected chi connectivity index (χ3v) is 2.55. The van der Waals surface area contributed by atoms with Gasteiger partial charge in [0.25, 0.3) is 0 Å². The van der Waals surface area contributed by atoms with E-state index in [1.54, 1.807) is 0 Å². The molecule has 0 N–H and O–H groups in total. The maximum Gasteiger partial charge on any atom is 0.123 e. The molecule has 1 rings (SSSR count). The molecule has 0 radical (unpaired) electrons. The highest BCUT2D eigenvalue weighted by Gasteiger charge is 2.15. The van der Waals surface area contributed by atoms with E-state index in [0.29, 0.717) is 0 Å². The lowest BCUT2D eigenvalue weighted by Gasteiger charge is -2.21. The fraction of sp³-hybridized carbons (Fsp3) is 0.800. The van der Waals surface area contributed by atoms with Crippen molar-refractivity contribution in [1.29, 1.82) is 0 Å². The van der Waals surface area contributed by atoms with Crippen molar-refractivity contribution < 1.29 is 4.79 Å². The molecule has 1 nitrogen and oxygen atoms in total. The zero-order valence-corrected chi connectivity index (χ0v) is 7.23. The van der Waals surface area contributed by atoms with E-state index in [1.165, 1.54) is 25.7 Å². The molecule has 0 aromatic heterocycles. The average Bonchev–Trinajstić information content (AvgIpc) is 2.07. The van der Waals surface area contributed by atoms with Crippen LogP contribution in [0.1, 0.15) is 45.4 Å². The predicted molar refractivity (Wildman–Crippen MR) is 46.1 cm³/mol. The molecule has 1 fully saturated rings. The van der Waals surface area contributed by atoms with Crippen molar-refractivity contribution in [3.05, 3.63) is 5.57 Å². The molecule has 1 saturated carbocycles. The standard InChI is InChI=1S/C10H16O/c1-2-3-9-4-6-10(8-11)7-5-9/h9H,2-7H2,1H3. The lowest BCUT2D eigenvalue weighted by Crippen LogP contribution is -2.07. The first-order chi connectivity index (χ1) is 5.36. The van der Waals surface area contributed by atoms with Gasteiger partial charge in [-0.25, -0.2) is 4.79 Å². The van der Waals surface area contributed by atoms with E-state index in [9.17, 15) is 4.79 Å². The van der Waals surface area contributed by atoms with Crippen LogP contribution in [0.3, 0.4) is 0 Å². The summed E-state index contributed by atoms with van der Waals surface area (Å²) in [5, 5.41) is 0. The summed E-state index contributed by atoms with van der Waals surface area (Å²) in [5.74, 6) is 2.92. The molecule has 0 saturated heterocycles. The third kappa shape index (κ3) is 2.51. The van der Waals surface area contributed by atoms with Crippen LogP contribution >= 0.6 is 0 Å². The number of rotatable bonds is 2. The first-order valence-corrected chi connectivity index (χ1v) is 4.59. The maximum absolute atomic E-state index is 10.3. The average molecular weight is 152 g/mol. The highest BCUT2D eigenvalue weighted by Crippen LogP contribution is 2.29. The fourth-order valence-corrected chi connectivity index (χ4v) is 1.83. The van der Waals surface area contributed by atoms with Crippen LogP contribution in [0.2, 0.25) is 0 Å². The van der Waals surface area contributed by atoms with Gasteiger partial charge in [0.05, 0.1) is 0 Å². The highest BCUT2D eigenvalue weighted by molar-refractivity contribution is 5.52. The Hall–Kier alpha value is -0.550. The SMILES string of the molecule is CCCC1CCC(=C=O)CC1. The minimum absolute atomic E-state index is 0.886. The second-order valence-corrected chi connectivity index (χ2v) is 3.44. The molecule has 0 spiro atoms. The van der Waals surface area contributed by atoms with Crippen LogP contribution in [0, 0.1) is 5.92 Å². The number of hydrogen-bond donors (Lipinski definition) is 0. The summed E-state index contributed by atoms with van der Waals surface area (Å²) >= 11 is 0. The largest absolute Gasteiger partial charge is 0.234 e. The summed E-state index contributed by atoms with van der Waals surface area (Å²) in [6.45, 7) is 2.23. The Morgan fingerprint density at radius 2 is 2.09 bits per heavy atom. The molecule has 1 aliphatic carbocycles. The Morgan fingerprint density at radius 1 is 1.45 bits per heavy atom. The zero-order chi connectivity index (χ0) is 8.10. The van der Waals surface area contributed by atoms with Crippen LogP contribution in [0.15, 0.2) is 5.57 Å². The van der Waals surface area contributed by atoms with Gasteiger partial charge in [0.1, 0.15) is 5.94 Å². The topological polar surface area (TPSA) is 17.1 Å². The molecule has 0 atom stereocenters. The Labute approximate surface area is 68.5 Å². The summed E-state index contributed by atoms with van der Waals surface area (Å²) in [7, 11) is 0. The lowest BCUT2D eigenvalue weighted by atomic mass is 9.84. The smallest absolute Gasteiger partial charge is 0.123 e. The number of carbonyl (C=O) groups excluding carboxylic acids is 1. The Morgan fingerprint density at radius 3 is 2.55 bits per heavy atom. The van der Waals surface area contributed by atoms with E-state index in [-0.39, 0.29) is 0 Å². The highest BCUT2D eigenvalue weighted by atomic mass is 16.1. The van der Waals surface area contributed by atoms with E-state index in [4.69, 9.17) is 0 Å². The van der Waals surface area contributed by atoms with E-state index in [2.05, 4.69) is 6.92 Å². The van der Waals surface area contributed by atoms with Crippen molar-refractivity contribution in [3.63, 3.8) is 0 Å². The number of hydrogen-bond acceptors (Lipinski definition) is 1. The molecule has 0 aromatic rings. The van der Waals surface area contributed by atoms with Crippen LogP contribution in [0.25, 0.3) is 0 Å². The molecule has 0 aliphatic heterocycles. The van der Waals surface area contributed by atoms with Crippen molar-refractivity contribution in [2.45, 2.75) is 45.4 Å². The molecule has 62 valence electrons. The molecule has 0 amide bonds. The van der Waals surface area contributed by atoms with Gasteiger partial charge in [-0.2, -0.15) is 0 Å². The van der Waals surface area contributed by atoms with E-state index < -0.39 is 0 Å². The lowest BCUT2D eigenvalue weighted by molar-refractivity contribution is 0.381. The summed E-state index contributed by atoms with van der Waals surface area (Å²) in [6, 6.07) is 0. The Kier molecular flexibility index (Phi) is 3.38. The monoisotopic (exact) mass is 152 g/mol. The molecular weight excluding hydrogens is 136 g/mol. The molecule has 11 heavy (non-hydrogen) atoms. The molecular formula is C10H16O. The van der Waals surface area contributed by atoms with Crippen molar-refractivity contribution in [3.8, 4) is 0 Å². The van der Waals surface area contributed by atoms with Crippen molar-refractivity contribution >= 4 is 5.94 Å². The van der Waals surface area contributed by atoms with Gasteiger partial charge in [0, 0.05) is 5.57 Å². The normalized spacial score (nSPS) is 24.8. The van der Waals surface area contributed by atoms with Crippen molar-refractivity contribution in [1.82, 2.24) is 0 Å². The number of allylic oxidation sites excluding steroid dienone is 1. The molecule has 0 aromatic carbocycles. The Bertz CT molecular complexity index is 156. The second-order valence-electron chi connectivity index (χ2n) is 3.44. The van der Waals surface area contributed by atoms with E-state index >= 15 is 0 Å². The van der Waals surface area contributed by atoms with E-state index in [0.717, 1.165) is 24.3 Å². The van der Waals surface area contributed by atoms with Crippen LogP contribution < -0.4 is 0 Å². The quantitative estimate of drug-likeness (QED) is 0.556. The van der Waals surface area contributed by atoms with Gasteiger partial charge in [-0.3, -0.25) is 0 Å². The molecule has 1 aliphatic rings. The minimum atomic E-state index is 0.886. The van der Waals surface area contributed by atoms with Gasteiger partial charge in [-0.05, 0) is 31.6 Å². The maximum atomic E-state index is 10.3. The van der Waals surface area contributed by atoms with Crippen LogP contribution in [-0.4, -0.2) is 5.94 Å². The summed E-state index contributed by atoms with van der Waals surface area (Å²) < 4.78 is 0. The summed E-state index contributed by atoms with van der Waals surface area (Å²) in [4.78, 5) is 10.3. The molecule has 0 unspecified atom stereocenters. The molecule has 0 heterocycles. The van der Waals surface area contributed by atoms with Crippen LogP contribution in [-0.2, 0) is 4.79 Å². The predicted octanol–water partition coefficient (Wildman–Crippen LogP) is 2.73. The van der Waals surface area contributed by atoms with E-state index in [1.807, 2.05) is 5.94 Å². The van der Waals surface area contributed by atoms with Crippen LogP contribution in [0.5, 0.6) is 0 Å². The first kappa shape index (κ1) is 8.55. The molecule has 0 bridgehead atoms. The second kappa shape index (κ2) is 4.35. The van der Waals surface area contributed by atoms with Gasteiger partial charge in [0.15, 0.2) is 0 Å². The Balaban J connectivity index is 2.30.